The average molecular weight is 340 g/mol. The molecule has 2 heteroatoms. The largest absolute Gasteiger partial charge is 0.501 e. The van der Waals surface area contributed by atoms with Crippen LogP contribution in [0, 0.1) is 0 Å². The van der Waals surface area contributed by atoms with E-state index in [-0.39, 0.29) is 5.54 Å². The fourth-order valence-electron chi connectivity index (χ4n) is 1.66. The van der Waals surface area contributed by atoms with Crippen molar-refractivity contribution < 1.29 is 4.74 Å². The van der Waals surface area contributed by atoms with Gasteiger partial charge in [0, 0.05) is 5.54 Å². The molecule has 0 saturated heterocycles. The molecule has 136 valence electrons. The van der Waals surface area contributed by atoms with E-state index in [1.165, 1.54) is 0 Å². The molecular weight excluding hydrogens is 306 g/mol. The summed E-state index contributed by atoms with van der Waals surface area (Å²) in [6.07, 6.45) is 20.4. The van der Waals surface area contributed by atoms with Gasteiger partial charge in [0.2, 0.25) is 0 Å². The molecule has 0 aromatic carbocycles. The summed E-state index contributed by atoms with van der Waals surface area (Å²) in [4.78, 5) is 0. The third-order valence-corrected chi connectivity index (χ3v) is 4.07. The van der Waals surface area contributed by atoms with Crippen LogP contribution in [-0.2, 0) is 4.74 Å². The van der Waals surface area contributed by atoms with E-state index >= 15 is 0 Å². The molecule has 0 saturated carbocycles. The van der Waals surface area contributed by atoms with Gasteiger partial charge in [-0.1, -0.05) is 80.3 Å². The molecule has 0 aromatic rings. The molecule has 0 radical (unpaired) electrons. The van der Waals surface area contributed by atoms with Crippen LogP contribution in [0.1, 0.15) is 34.1 Å². The van der Waals surface area contributed by atoms with E-state index in [0.29, 0.717) is 0 Å². The van der Waals surface area contributed by atoms with Gasteiger partial charge in [-0.3, -0.25) is 0 Å². The number of methoxy groups -OCH3 is 1. The van der Waals surface area contributed by atoms with Gasteiger partial charge in [0.05, 0.1) is 12.9 Å². The summed E-state index contributed by atoms with van der Waals surface area (Å²) in [7, 11) is 1.65. The van der Waals surface area contributed by atoms with E-state index in [1.54, 1.807) is 7.11 Å². The summed E-state index contributed by atoms with van der Waals surface area (Å²) in [6.45, 7) is 15.9. The first-order chi connectivity index (χ1) is 11.8. The van der Waals surface area contributed by atoms with E-state index in [0.717, 1.165) is 28.9 Å². The zero-order valence-electron chi connectivity index (χ0n) is 16.4. The van der Waals surface area contributed by atoms with E-state index in [2.05, 4.69) is 33.1 Å². The molecule has 0 aromatic heterocycles. The Hall–Kier alpha value is -2.32. The molecule has 25 heavy (non-hydrogen) atoms. The van der Waals surface area contributed by atoms with Crippen LogP contribution in [0.25, 0.3) is 0 Å². The molecule has 0 heterocycles. The predicted octanol–water partition coefficient (Wildman–Crippen LogP) is 5.95. The summed E-state index contributed by atoms with van der Waals surface area (Å²) < 4.78 is 5.06. The third-order valence-electron chi connectivity index (χ3n) is 4.07. The Morgan fingerprint density at radius 2 is 1.64 bits per heavy atom. The fraction of sp³-hybridized carbons (Fsp3) is 0.304. The second kappa shape index (κ2) is 12.1. The smallest absolute Gasteiger partial charge is 0.0924 e. The standard InChI is InChI=1S/C23H33NO/c1-8-22(18-17-20(4)23(6,24)9-2)16-11-10-13-19(3)14-12-15-21(5)25-7/h8,10-18H,1,3,9,24H2,2,4-7H3/b13-10+,14-12-,16-11+,20-17+,21-15+,22-18+. The van der Waals surface area contributed by atoms with Crippen molar-refractivity contribution in [1.82, 2.24) is 0 Å². The number of ether oxygens (including phenoxy) is 1. The van der Waals surface area contributed by atoms with Crippen LogP contribution in [0.3, 0.4) is 0 Å². The first kappa shape index (κ1) is 22.7. The highest BCUT2D eigenvalue weighted by molar-refractivity contribution is 5.38. The van der Waals surface area contributed by atoms with Gasteiger partial charge in [0.25, 0.3) is 0 Å². The van der Waals surface area contributed by atoms with Crippen LogP contribution >= 0.6 is 0 Å². The Morgan fingerprint density at radius 3 is 2.20 bits per heavy atom. The van der Waals surface area contributed by atoms with Crippen LogP contribution in [0.4, 0.5) is 0 Å². The highest BCUT2D eigenvalue weighted by Gasteiger charge is 2.16. The Balaban J connectivity index is 4.83. The van der Waals surface area contributed by atoms with E-state index < -0.39 is 0 Å². The number of allylic oxidation sites excluding steroid dienone is 13. The minimum atomic E-state index is -0.272. The first-order valence-corrected chi connectivity index (χ1v) is 8.49. The monoisotopic (exact) mass is 339 g/mol. The molecule has 0 aliphatic heterocycles. The lowest BCUT2D eigenvalue weighted by molar-refractivity contribution is 0.294. The minimum Gasteiger partial charge on any atom is -0.501 e. The van der Waals surface area contributed by atoms with Crippen molar-refractivity contribution in [2.24, 2.45) is 5.73 Å². The molecule has 2 N–H and O–H groups in total. The molecule has 0 rings (SSSR count). The van der Waals surface area contributed by atoms with Gasteiger partial charge in [-0.2, -0.15) is 0 Å². The van der Waals surface area contributed by atoms with Crippen molar-refractivity contribution >= 4 is 0 Å². The maximum Gasteiger partial charge on any atom is 0.0924 e. The van der Waals surface area contributed by atoms with Crippen molar-refractivity contribution in [3.8, 4) is 0 Å². The van der Waals surface area contributed by atoms with E-state index in [1.807, 2.05) is 68.5 Å². The molecule has 0 aliphatic rings. The lowest BCUT2D eigenvalue weighted by atomic mass is 9.91. The zero-order chi connectivity index (χ0) is 19.3. The van der Waals surface area contributed by atoms with E-state index in [9.17, 15) is 0 Å². The molecular formula is C23H33NO. The van der Waals surface area contributed by atoms with Crippen molar-refractivity contribution in [3.63, 3.8) is 0 Å². The second-order valence-electron chi connectivity index (χ2n) is 6.13. The maximum atomic E-state index is 6.23. The van der Waals surface area contributed by atoms with Crippen LogP contribution in [0.15, 0.2) is 96.4 Å². The van der Waals surface area contributed by atoms with Crippen molar-refractivity contribution in [1.29, 1.82) is 0 Å². The Kier molecular flexibility index (Phi) is 11.0. The van der Waals surface area contributed by atoms with Crippen molar-refractivity contribution in [2.45, 2.75) is 39.7 Å². The van der Waals surface area contributed by atoms with Crippen molar-refractivity contribution in [2.75, 3.05) is 7.11 Å². The van der Waals surface area contributed by atoms with Gasteiger partial charge in [-0.25, -0.2) is 0 Å². The lowest BCUT2D eigenvalue weighted by Crippen LogP contribution is -2.36. The molecule has 0 bridgehead atoms. The summed E-state index contributed by atoms with van der Waals surface area (Å²) in [5, 5.41) is 0. The quantitative estimate of drug-likeness (QED) is 0.394. The summed E-state index contributed by atoms with van der Waals surface area (Å²) in [5.41, 5.74) is 9.04. The highest BCUT2D eigenvalue weighted by Crippen LogP contribution is 2.17. The van der Waals surface area contributed by atoms with Gasteiger partial charge >= 0.3 is 0 Å². The maximum absolute atomic E-state index is 6.23. The van der Waals surface area contributed by atoms with Gasteiger partial charge in [-0.05, 0) is 44.4 Å². The Bertz CT molecular complexity index is 622. The topological polar surface area (TPSA) is 35.2 Å². The zero-order valence-corrected chi connectivity index (χ0v) is 16.4. The molecule has 0 aliphatic carbocycles. The number of hydrogen-bond acceptors (Lipinski definition) is 2. The van der Waals surface area contributed by atoms with Gasteiger partial charge in [-0.15, -0.1) is 0 Å². The fourth-order valence-corrected chi connectivity index (χ4v) is 1.66. The molecule has 2 nitrogen and oxygen atoms in total. The summed E-state index contributed by atoms with van der Waals surface area (Å²) >= 11 is 0. The Labute approximate surface area is 154 Å². The molecule has 1 atom stereocenters. The van der Waals surface area contributed by atoms with Crippen LogP contribution in [-0.4, -0.2) is 12.6 Å². The van der Waals surface area contributed by atoms with E-state index in [4.69, 9.17) is 10.5 Å². The van der Waals surface area contributed by atoms with Gasteiger partial charge < -0.3 is 10.5 Å². The lowest BCUT2D eigenvalue weighted by Gasteiger charge is -2.23. The molecule has 0 amide bonds. The van der Waals surface area contributed by atoms with Crippen LogP contribution in [0.5, 0.6) is 0 Å². The SMILES string of the molecule is C=CC(/C=C/C=C/C(=C)/C=C\C=C(/C)OC)=C\C=C(/C)C(C)(N)CC. The molecule has 1 unspecified atom stereocenters. The van der Waals surface area contributed by atoms with Gasteiger partial charge in [0.1, 0.15) is 0 Å². The number of nitrogens with two attached hydrogens (primary N) is 1. The Morgan fingerprint density at radius 1 is 1.04 bits per heavy atom. The number of rotatable bonds is 10. The average Bonchev–Trinajstić information content (AvgIpc) is 2.60. The summed E-state index contributed by atoms with van der Waals surface area (Å²) in [6, 6.07) is 0. The van der Waals surface area contributed by atoms with Gasteiger partial charge in [0.15, 0.2) is 0 Å². The third kappa shape index (κ3) is 10.2. The minimum absolute atomic E-state index is 0.272. The van der Waals surface area contributed by atoms with Crippen LogP contribution in [0.2, 0.25) is 0 Å². The normalized spacial score (nSPS) is 16.6. The first-order valence-electron chi connectivity index (χ1n) is 8.49. The highest BCUT2D eigenvalue weighted by atomic mass is 16.5. The predicted molar refractivity (Wildman–Crippen MR) is 112 cm³/mol. The summed E-state index contributed by atoms with van der Waals surface area (Å²) in [5.74, 6) is 0.855. The van der Waals surface area contributed by atoms with Crippen molar-refractivity contribution in [3.05, 3.63) is 96.4 Å². The molecule has 0 spiro atoms. The number of hydrogen-bond donors (Lipinski definition) is 1. The molecule has 0 fully saturated rings. The van der Waals surface area contributed by atoms with Crippen LogP contribution < -0.4 is 5.73 Å². The second-order valence-corrected chi connectivity index (χ2v) is 6.13.